The summed E-state index contributed by atoms with van der Waals surface area (Å²) in [4.78, 5) is 16.4. The molecule has 7 nitrogen and oxygen atoms in total. The topological polar surface area (TPSA) is 111 Å². The molecule has 0 saturated heterocycles. The Morgan fingerprint density at radius 1 is 1.07 bits per heavy atom. The van der Waals surface area contributed by atoms with Gasteiger partial charge in [-0.3, -0.25) is 9.78 Å². The average Bonchev–Trinajstić information content (AvgIpc) is 2.73. The molecule has 1 aromatic heterocycles. The molecule has 0 aliphatic rings. The van der Waals surface area contributed by atoms with Gasteiger partial charge in [-0.25, -0.2) is 13.6 Å². The third-order valence-corrected chi connectivity index (χ3v) is 5.43. The van der Waals surface area contributed by atoms with Crippen LogP contribution in [0.3, 0.4) is 0 Å². The number of nitrogens with zero attached hydrogens (tertiary/aromatic N) is 1. The predicted molar refractivity (Wildman–Crippen MR) is 113 cm³/mol. The fraction of sp³-hybridized carbons (Fsp3) is 0.182. The summed E-state index contributed by atoms with van der Waals surface area (Å²) < 4.78 is 28.3. The zero-order valence-corrected chi connectivity index (χ0v) is 17.3. The van der Waals surface area contributed by atoms with Crippen molar-refractivity contribution in [2.24, 2.45) is 5.14 Å². The van der Waals surface area contributed by atoms with E-state index < -0.39 is 10.0 Å². The van der Waals surface area contributed by atoms with Gasteiger partial charge in [-0.05, 0) is 48.4 Å². The molecule has 0 spiro atoms. The second-order valence-corrected chi connectivity index (χ2v) is 8.44. The summed E-state index contributed by atoms with van der Waals surface area (Å²) in [6.07, 6.45) is 3.61. The second kappa shape index (κ2) is 9.51. The standard InChI is InChI=1S/C22H23N3O4S/c1-16(25-22(26)13-17-4-10-21(11-5-17)30(23,27)28)19-6-8-20(9-7-19)29-15-18-3-2-12-24-14-18/h2-12,14,16H,13,15H2,1H3,(H,25,26)(H2,23,27,28). The molecule has 30 heavy (non-hydrogen) atoms. The number of primary sulfonamides is 1. The zero-order chi connectivity index (χ0) is 21.6. The highest BCUT2D eigenvalue weighted by molar-refractivity contribution is 7.89. The number of hydrogen-bond acceptors (Lipinski definition) is 5. The molecule has 0 aliphatic heterocycles. The summed E-state index contributed by atoms with van der Waals surface area (Å²) in [5.74, 6) is 0.568. The van der Waals surface area contributed by atoms with E-state index in [1.807, 2.05) is 43.3 Å². The second-order valence-electron chi connectivity index (χ2n) is 6.87. The lowest BCUT2D eigenvalue weighted by Gasteiger charge is -2.15. The van der Waals surface area contributed by atoms with Crippen LogP contribution in [0.2, 0.25) is 0 Å². The Labute approximate surface area is 176 Å². The van der Waals surface area contributed by atoms with Crippen molar-refractivity contribution in [2.75, 3.05) is 0 Å². The van der Waals surface area contributed by atoms with Gasteiger partial charge < -0.3 is 10.1 Å². The van der Waals surface area contributed by atoms with Crippen molar-refractivity contribution in [1.82, 2.24) is 10.3 Å². The quantitative estimate of drug-likeness (QED) is 0.576. The van der Waals surface area contributed by atoms with Crippen molar-refractivity contribution in [3.8, 4) is 5.75 Å². The average molecular weight is 426 g/mol. The van der Waals surface area contributed by atoms with Crippen LogP contribution in [0.5, 0.6) is 5.75 Å². The number of sulfonamides is 1. The molecule has 0 fully saturated rings. The highest BCUT2D eigenvalue weighted by Gasteiger charge is 2.12. The molecule has 8 heteroatoms. The molecule has 3 rings (SSSR count). The van der Waals surface area contributed by atoms with Crippen molar-refractivity contribution in [2.45, 2.75) is 30.9 Å². The normalized spacial score (nSPS) is 12.2. The van der Waals surface area contributed by atoms with Gasteiger partial charge in [0.05, 0.1) is 17.4 Å². The molecule has 1 heterocycles. The van der Waals surface area contributed by atoms with Crippen LogP contribution in [-0.2, 0) is 27.8 Å². The largest absolute Gasteiger partial charge is 0.489 e. The van der Waals surface area contributed by atoms with Crippen molar-refractivity contribution < 1.29 is 17.9 Å². The Morgan fingerprint density at radius 3 is 2.37 bits per heavy atom. The number of pyridine rings is 1. The van der Waals surface area contributed by atoms with Gasteiger partial charge >= 0.3 is 0 Å². The number of amides is 1. The number of rotatable bonds is 8. The first-order valence-corrected chi connectivity index (χ1v) is 10.9. The van der Waals surface area contributed by atoms with E-state index in [9.17, 15) is 13.2 Å². The molecule has 0 aliphatic carbocycles. The molecule has 156 valence electrons. The molecule has 2 aromatic carbocycles. The van der Waals surface area contributed by atoms with Crippen LogP contribution < -0.4 is 15.2 Å². The van der Waals surface area contributed by atoms with Crippen LogP contribution in [0.4, 0.5) is 0 Å². The number of hydrogen-bond donors (Lipinski definition) is 2. The number of aromatic nitrogens is 1. The van der Waals surface area contributed by atoms with Crippen LogP contribution in [0.15, 0.2) is 78.0 Å². The number of carbonyl (C=O) groups is 1. The third kappa shape index (κ3) is 6.13. The molecule has 1 atom stereocenters. The van der Waals surface area contributed by atoms with E-state index in [0.717, 1.165) is 16.9 Å². The van der Waals surface area contributed by atoms with E-state index in [1.54, 1.807) is 24.5 Å². The zero-order valence-electron chi connectivity index (χ0n) is 16.5. The summed E-state index contributed by atoms with van der Waals surface area (Å²) in [6, 6.07) is 17.1. The summed E-state index contributed by atoms with van der Waals surface area (Å²) in [5, 5.41) is 8.01. The van der Waals surface area contributed by atoms with Crippen LogP contribution in [0.25, 0.3) is 0 Å². The Bertz CT molecular complexity index is 1080. The first-order chi connectivity index (χ1) is 14.3. The maximum absolute atomic E-state index is 12.3. The lowest BCUT2D eigenvalue weighted by atomic mass is 10.1. The summed E-state index contributed by atoms with van der Waals surface area (Å²) >= 11 is 0. The number of nitrogens with one attached hydrogen (secondary N) is 1. The molecule has 1 unspecified atom stereocenters. The van der Waals surface area contributed by atoms with Crippen molar-refractivity contribution in [3.63, 3.8) is 0 Å². The monoisotopic (exact) mass is 425 g/mol. The molecule has 3 aromatic rings. The van der Waals surface area contributed by atoms with Gasteiger partial charge in [0.15, 0.2) is 0 Å². The summed E-state index contributed by atoms with van der Waals surface area (Å²) in [6.45, 7) is 2.33. The fourth-order valence-corrected chi connectivity index (χ4v) is 3.38. The fourth-order valence-electron chi connectivity index (χ4n) is 2.86. The Hall–Kier alpha value is -3.23. The molecule has 3 N–H and O–H groups in total. The first-order valence-electron chi connectivity index (χ1n) is 9.34. The van der Waals surface area contributed by atoms with Gasteiger partial charge in [0.2, 0.25) is 15.9 Å². The maximum atomic E-state index is 12.3. The van der Waals surface area contributed by atoms with E-state index in [0.29, 0.717) is 12.2 Å². The van der Waals surface area contributed by atoms with E-state index in [1.165, 1.54) is 12.1 Å². The summed E-state index contributed by atoms with van der Waals surface area (Å²) in [7, 11) is -3.74. The third-order valence-electron chi connectivity index (χ3n) is 4.50. The minimum Gasteiger partial charge on any atom is -0.489 e. The molecule has 0 radical (unpaired) electrons. The Morgan fingerprint density at radius 2 is 1.77 bits per heavy atom. The Balaban J connectivity index is 1.52. The highest BCUT2D eigenvalue weighted by atomic mass is 32.2. The smallest absolute Gasteiger partial charge is 0.238 e. The SMILES string of the molecule is CC(NC(=O)Cc1ccc(S(N)(=O)=O)cc1)c1ccc(OCc2cccnc2)cc1. The van der Waals surface area contributed by atoms with Gasteiger partial charge in [-0.1, -0.05) is 30.3 Å². The lowest BCUT2D eigenvalue weighted by Crippen LogP contribution is -2.28. The number of carbonyl (C=O) groups excluding carboxylic acids is 1. The van der Waals surface area contributed by atoms with Crippen LogP contribution >= 0.6 is 0 Å². The van der Waals surface area contributed by atoms with Crippen molar-refractivity contribution in [1.29, 1.82) is 0 Å². The van der Waals surface area contributed by atoms with E-state index in [-0.39, 0.29) is 23.3 Å². The summed E-state index contributed by atoms with van der Waals surface area (Å²) in [5.41, 5.74) is 2.63. The maximum Gasteiger partial charge on any atom is 0.238 e. The Kier molecular flexibility index (Phi) is 6.81. The van der Waals surface area contributed by atoms with E-state index in [2.05, 4.69) is 10.3 Å². The molecular formula is C22H23N3O4S. The van der Waals surface area contributed by atoms with Gasteiger partial charge in [-0.15, -0.1) is 0 Å². The van der Waals surface area contributed by atoms with Crippen molar-refractivity contribution >= 4 is 15.9 Å². The lowest BCUT2D eigenvalue weighted by molar-refractivity contribution is -0.121. The van der Waals surface area contributed by atoms with Crippen molar-refractivity contribution in [3.05, 3.63) is 89.7 Å². The molecular weight excluding hydrogens is 402 g/mol. The van der Waals surface area contributed by atoms with E-state index >= 15 is 0 Å². The number of benzene rings is 2. The molecule has 1 amide bonds. The van der Waals surface area contributed by atoms with Crippen LogP contribution in [-0.4, -0.2) is 19.3 Å². The van der Waals surface area contributed by atoms with Gasteiger partial charge in [-0.2, -0.15) is 0 Å². The molecule has 0 saturated carbocycles. The van der Waals surface area contributed by atoms with E-state index in [4.69, 9.17) is 9.88 Å². The van der Waals surface area contributed by atoms with Gasteiger partial charge in [0.1, 0.15) is 12.4 Å². The van der Waals surface area contributed by atoms with Gasteiger partial charge in [0.25, 0.3) is 0 Å². The van der Waals surface area contributed by atoms with Crippen LogP contribution in [0.1, 0.15) is 29.7 Å². The minimum absolute atomic E-state index is 0.0193. The predicted octanol–water partition coefficient (Wildman–Crippen LogP) is 2.73. The molecule has 0 bridgehead atoms. The number of ether oxygens (including phenoxy) is 1. The van der Waals surface area contributed by atoms with Gasteiger partial charge in [0, 0.05) is 18.0 Å². The highest BCUT2D eigenvalue weighted by Crippen LogP contribution is 2.19. The van der Waals surface area contributed by atoms with Crippen LogP contribution in [0, 0.1) is 0 Å². The first kappa shape index (κ1) is 21.5. The minimum atomic E-state index is -3.74. The number of nitrogens with two attached hydrogens (primary N) is 1.